The number of anilines is 1. The van der Waals surface area contributed by atoms with Crippen LogP contribution in [0.5, 0.6) is 0 Å². The number of nitrogen functional groups attached to an aromatic ring is 1. The third-order valence-electron chi connectivity index (χ3n) is 3.49. The van der Waals surface area contributed by atoms with Crippen LogP contribution in [0.2, 0.25) is 0 Å². The SMILES string of the molecule is Cc1cnccc1-c1nc(N)c(C)c(-c2ccccc2)n1. The molecule has 4 nitrogen and oxygen atoms in total. The number of hydrogen-bond donors (Lipinski definition) is 1. The van der Waals surface area contributed by atoms with Crippen molar-refractivity contribution < 1.29 is 0 Å². The average molecular weight is 276 g/mol. The summed E-state index contributed by atoms with van der Waals surface area (Å²) in [5.41, 5.74) is 10.9. The molecule has 0 radical (unpaired) electrons. The van der Waals surface area contributed by atoms with E-state index in [-0.39, 0.29) is 0 Å². The molecule has 2 N–H and O–H groups in total. The molecule has 0 aliphatic heterocycles. The molecule has 3 rings (SSSR count). The van der Waals surface area contributed by atoms with Crippen LogP contribution in [0.1, 0.15) is 11.1 Å². The van der Waals surface area contributed by atoms with Gasteiger partial charge in [0.25, 0.3) is 0 Å². The van der Waals surface area contributed by atoms with Gasteiger partial charge in [-0.1, -0.05) is 30.3 Å². The standard InChI is InChI=1S/C17H16N4/c1-11-10-19-9-8-14(11)17-20-15(12(2)16(18)21-17)13-6-4-3-5-7-13/h3-10H,1-2H3,(H2,18,20,21). The minimum absolute atomic E-state index is 0.509. The lowest BCUT2D eigenvalue weighted by Gasteiger charge is -2.11. The summed E-state index contributed by atoms with van der Waals surface area (Å²) in [6.45, 7) is 3.94. The van der Waals surface area contributed by atoms with Crippen LogP contribution in [0.25, 0.3) is 22.6 Å². The molecule has 4 heteroatoms. The predicted molar refractivity (Wildman–Crippen MR) is 84.6 cm³/mol. The first kappa shape index (κ1) is 13.2. The van der Waals surface area contributed by atoms with Crippen LogP contribution in [-0.4, -0.2) is 15.0 Å². The van der Waals surface area contributed by atoms with Crippen LogP contribution < -0.4 is 5.73 Å². The number of rotatable bonds is 2. The maximum atomic E-state index is 6.08. The molecule has 104 valence electrons. The van der Waals surface area contributed by atoms with Crippen LogP contribution in [0.15, 0.2) is 48.8 Å². The summed E-state index contributed by atoms with van der Waals surface area (Å²) in [5, 5.41) is 0. The molecular weight excluding hydrogens is 260 g/mol. The summed E-state index contributed by atoms with van der Waals surface area (Å²) < 4.78 is 0. The molecule has 21 heavy (non-hydrogen) atoms. The van der Waals surface area contributed by atoms with E-state index in [0.29, 0.717) is 11.6 Å². The van der Waals surface area contributed by atoms with E-state index in [1.165, 1.54) is 0 Å². The van der Waals surface area contributed by atoms with E-state index in [1.807, 2.05) is 50.2 Å². The van der Waals surface area contributed by atoms with Gasteiger partial charge in [0.1, 0.15) is 5.82 Å². The lowest BCUT2D eigenvalue weighted by molar-refractivity contribution is 1.14. The maximum Gasteiger partial charge on any atom is 0.162 e. The Morgan fingerprint density at radius 3 is 2.43 bits per heavy atom. The fourth-order valence-corrected chi connectivity index (χ4v) is 2.26. The Morgan fingerprint density at radius 1 is 0.952 bits per heavy atom. The van der Waals surface area contributed by atoms with E-state index in [1.54, 1.807) is 12.4 Å². The normalized spacial score (nSPS) is 10.6. The average Bonchev–Trinajstić information content (AvgIpc) is 2.51. The fraction of sp³-hybridized carbons (Fsp3) is 0.118. The van der Waals surface area contributed by atoms with E-state index in [4.69, 9.17) is 10.7 Å². The van der Waals surface area contributed by atoms with Gasteiger partial charge in [-0.05, 0) is 25.5 Å². The third kappa shape index (κ3) is 2.48. The number of nitrogens with zero attached hydrogens (tertiary/aromatic N) is 3. The second-order valence-electron chi connectivity index (χ2n) is 4.96. The van der Waals surface area contributed by atoms with Crippen LogP contribution in [-0.2, 0) is 0 Å². The highest BCUT2D eigenvalue weighted by Crippen LogP contribution is 2.28. The molecule has 0 bridgehead atoms. The van der Waals surface area contributed by atoms with Gasteiger partial charge in [-0.25, -0.2) is 9.97 Å². The van der Waals surface area contributed by atoms with Crippen LogP contribution in [0, 0.1) is 13.8 Å². The fourth-order valence-electron chi connectivity index (χ4n) is 2.26. The molecule has 0 aliphatic carbocycles. The summed E-state index contributed by atoms with van der Waals surface area (Å²) in [4.78, 5) is 13.2. The number of pyridine rings is 1. The second kappa shape index (κ2) is 5.32. The molecule has 0 fully saturated rings. The molecule has 0 unspecified atom stereocenters. The molecule has 2 aromatic heterocycles. The minimum atomic E-state index is 0.509. The molecule has 1 aromatic carbocycles. The molecule has 3 aromatic rings. The lowest BCUT2D eigenvalue weighted by Crippen LogP contribution is -2.03. The smallest absolute Gasteiger partial charge is 0.162 e. The Labute approximate surface area is 123 Å². The molecule has 0 amide bonds. The molecule has 0 aliphatic rings. The van der Waals surface area contributed by atoms with Crippen molar-refractivity contribution in [3.8, 4) is 22.6 Å². The zero-order valence-corrected chi connectivity index (χ0v) is 12.0. The summed E-state index contributed by atoms with van der Waals surface area (Å²) in [7, 11) is 0. The molecular formula is C17H16N4. The Balaban J connectivity index is 2.22. The summed E-state index contributed by atoms with van der Waals surface area (Å²) in [6, 6.07) is 11.9. The second-order valence-corrected chi connectivity index (χ2v) is 4.96. The van der Waals surface area contributed by atoms with Crippen molar-refractivity contribution in [3.05, 3.63) is 59.9 Å². The highest BCUT2D eigenvalue weighted by Gasteiger charge is 2.13. The first-order chi connectivity index (χ1) is 10.2. The monoisotopic (exact) mass is 276 g/mol. The van der Waals surface area contributed by atoms with E-state index in [2.05, 4.69) is 9.97 Å². The molecule has 2 heterocycles. The van der Waals surface area contributed by atoms with Crippen molar-refractivity contribution in [2.75, 3.05) is 5.73 Å². The lowest BCUT2D eigenvalue weighted by atomic mass is 10.1. The number of hydrogen-bond acceptors (Lipinski definition) is 4. The van der Waals surface area contributed by atoms with E-state index in [0.717, 1.165) is 27.9 Å². The summed E-state index contributed by atoms with van der Waals surface area (Å²) >= 11 is 0. The topological polar surface area (TPSA) is 64.7 Å². The minimum Gasteiger partial charge on any atom is -0.383 e. The van der Waals surface area contributed by atoms with E-state index >= 15 is 0 Å². The van der Waals surface area contributed by atoms with Gasteiger partial charge in [-0.2, -0.15) is 0 Å². The largest absolute Gasteiger partial charge is 0.383 e. The Kier molecular flexibility index (Phi) is 3.36. The molecule has 0 spiro atoms. The van der Waals surface area contributed by atoms with Crippen molar-refractivity contribution >= 4 is 5.82 Å². The van der Waals surface area contributed by atoms with Gasteiger partial charge in [-0.3, -0.25) is 4.98 Å². The quantitative estimate of drug-likeness (QED) is 0.779. The first-order valence-corrected chi connectivity index (χ1v) is 6.77. The Hall–Kier alpha value is -2.75. The van der Waals surface area contributed by atoms with Crippen molar-refractivity contribution in [1.29, 1.82) is 0 Å². The van der Waals surface area contributed by atoms with Crippen molar-refractivity contribution in [3.63, 3.8) is 0 Å². The van der Waals surface area contributed by atoms with Crippen molar-refractivity contribution in [2.24, 2.45) is 0 Å². The zero-order chi connectivity index (χ0) is 14.8. The first-order valence-electron chi connectivity index (χ1n) is 6.77. The van der Waals surface area contributed by atoms with Gasteiger partial charge in [0.2, 0.25) is 0 Å². The summed E-state index contributed by atoms with van der Waals surface area (Å²) in [5.74, 6) is 1.15. The summed E-state index contributed by atoms with van der Waals surface area (Å²) in [6.07, 6.45) is 3.54. The van der Waals surface area contributed by atoms with Crippen molar-refractivity contribution in [2.45, 2.75) is 13.8 Å². The molecule has 0 saturated heterocycles. The van der Waals surface area contributed by atoms with Crippen LogP contribution in [0.3, 0.4) is 0 Å². The molecule has 0 atom stereocenters. The number of benzene rings is 1. The zero-order valence-electron chi connectivity index (χ0n) is 12.0. The van der Waals surface area contributed by atoms with Gasteiger partial charge >= 0.3 is 0 Å². The number of nitrogens with two attached hydrogens (primary N) is 1. The molecule has 0 saturated carbocycles. The Bertz CT molecular complexity index is 782. The highest BCUT2D eigenvalue weighted by atomic mass is 15.0. The van der Waals surface area contributed by atoms with Crippen molar-refractivity contribution in [1.82, 2.24) is 15.0 Å². The number of aryl methyl sites for hydroxylation is 1. The Morgan fingerprint density at radius 2 is 1.71 bits per heavy atom. The van der Waals surface area contributed by atoms with Crippen LogP contribution >= 0.6 is 0 Å². The van der Waals surface area contributed by atoms with E-state index < -0.39 is 0 Å². The van der Waals surface area contributed by atoms with Gasteiger partial charge < -0.3 is 5.73 Å². The van der Waals surface area contributed by atoms with E-state index in [9.17, 15) is 0 Å². The predicted octanol–water partition coefficient (Wildman–Crippen LogP) is 3.40. The number of aromatic nitrogens is 3. The van der Waals surface area contributed by atoms with Crippen LogP contribution in [0.4, 0.5) is 5.82 Å². The van der Waals surface area contributed by atoms with Gasteiger partial charge in [-0.15, -0.1) is 0 Å². The maximum absolute atomic E-state index is 6.08. The van der Waals surface area contributed by atoms with Gasteiger partial charge in [0.15, 0.2) is 5.82 Å². The van der Waals surface area contributed by atoms with Gasteiger partial charge in [0, 0.05) is 29.1 Å². The third-order valence-corrected chi connectivity index (χ3v) is 3.49. The highest BCUT2D eigenvalue weighted by molar-refractivity contribution is 5.71. The van der Waals surface area contributed by atoms with Gasteiger partial charge in [0.05, 0.1) is 5.69 Å².